The molecule has 0 radical (unpaired) electrons. The van der Waals surface area contributed by atoms with E-state index in [4.69, 9.17) is 9.84 Å². The number of rotatable bonds is 5. The highest BCUT2D eigenvalue weighted by Crippen LogP contribution is 2.12. The topological polar surface area (TPSA) is 41.8 Å². The SMILES string of the molecule is CC(CO)CCCC1=NC(C)CO1. The predicted molar refractivity (Wildman–Crippen MR) is 52.9 cm³/mol. The van der Waals surface area contributed by atoms with E-state index in [1.54, 1.807) is 0 Å². The van der Waals surface area contributed by atoms with Crippen molar-refractivity contribution >= 4 is 5.90 Å². The van der Waals surface area contributed by atoms with E-state index >= 15 is 0 Å². The quantitative estimate of drug-likeness (QED) is 0.707. The fourth-order valence-corrected chi connectivity index (χ4v) is 1.37. The van der Waals surface area contributed by atoms with Gasteiger partial charge in [0.25, 0.3) is 0 Å². The van der Waals surface area contributed by atoms with Gasteiger partial charge < -0.3 is 9.84 Å². The number of aliphatic hydroxyl groups is 1. The summed E-state index contributed by atoms with van der Waals surface area (Å²) in [4.78, 5) is 4.34. The van der Waals surface area contributed by atoms with Gasteiger partial charge in [0.1, 0.15) is 6.61 Å². The lowest BCUT2D eigenvalue weighted by atomic mass is 10.1. The van der Waals surface area contributed by atoms with Crippen LogP contribution in [-0.4, -0.2) is 30.3 Å². The Morgan fingerprint density at radius 3 is 3.00 bits per heavy atom. The average Bonchev–Trinajstić information content (AvgIpc) is 2.51. The van der Waals surface area contributed by atoms with Crippen LogP contribution in [-0.2, 0) is 4.74 Å². The highest BCUT2D eigenvalue weighted by molar-refractivity contribution is 5.77. The number of aliphatic imine (C=N–C) groups is 1. The van der Waals surface area contributed by atoms with Crippen molar-refractivity contribution in [2.24, 2.45) is 10.9 Å². The van der Waals surface area contributed by atoms with Crippen LogP contribution in [0.3, 0.4) is 0 Å². The largest absolute Gasteiger partial charge is 0.479 e. The van der Waals surface area contributed by atoms with Gasteiger partial charge in [-0.05, 0) is 25.7 Å². The second-order valence-electron chi connectivity index (χ2n) is 3.86. The molecular formula is C10H19NO2. The number of nitrogens with zero attached hydrogens (tertiary/aromatic N) is 1. The fraction of sp³-hybridized carbons (Fsp3) is 0.900. The van der Waals surface area contributed by atoms with Crippen LogP contribution >= 0.6 is 0 Å². The van der Waals surface area contributed by atoms with Gasteiger partial charge in [-0.25, -0.2) is 4.99 Å². The summed E-state index contributed by atoms with van der Waals surface area (Å²) in [6, 6.07) is 0.338. The third-order valence-corrected chi connectivity index (χ3v) is 2.25. The molecule has 0 aliphatic carbocycles. The molecule has 0 aromatic heterocycles. The Balaban J connectivity index is 2.09. The number of hydrogen-bond acceptors (Lipinski definition) is 3. The summed E-state index contributed by atoms with van der Waals surface area (Å²) in [5.74, 6) is 1.30. The van der Waals surface area contributed by atoms with Crippen molar-refractivity contribution in [1.82, 2.24) is 0 Å². The van der Waals surface area contributed by atoms with E-state index in [0.717, 1.165) is 31.8 Å². The summed E-state index contributed by atoms with van der Waals surface area (Å²) in [5.41, 5.74) is 0. The second kappa shape index (κ2) is 5.22. The molecule has 0 aromatic rings. The molecule has 1 aliphatic heterocycles. The fourth-order valence-electron chi connectivity index (χ4n) is 1.37. The summed E-state index contributed by atoms with van der Waals surface area (Å²) in [5, 5.41) is 8.81. The van der Waals surface area contributed by atoms with Crippen LogP contribution in [0.5, 0.6) is 0 Å². The molecule has 0 spiro atoms. The van der Waals surface area contributed by atoms with Gasteiger partial charge in [0, 0.05) is 13.0 Å². The molecule has 0 bridgehead atoms. The van der Waals surface area contributed by atoms with E-state index in [1.807, 2.05) is 0 Å². The first kappa shape index (κ1) is 10.5. The summed E-state index contributed by atoms with van der Waals surface area (Å²) in [6.45, 7) is 5.14. The zero-order chi connectivity index (χ0) is 9.68. The van der Waals surface area contributed by atoms with Crippen molar-refractivity contribution < 1.29 is 9.84 Å². The van der Waals surface area contributed by atoms with Gasteiger partial charge in [-0.15, -0.1) is 0 Å². The van der Waals surface area contributed by atoms with Crippen molar-refractivity contribution in [1.29, 1.82) is 0 Å². The molecule has 0 aromatic carbocycles. The summed E-state index contributed by atoms with van der Waals surface area (Å²) in [6.07, 6.45) is 3.04. The summed E-state index contributed by atoms with van der Waals surface area (Å²) < 4.78 is 5.37. The van der Waals surface area contributed by atoms with E-state index in [9.17, 15) is 0 Å². The first-order chi connectivity index (χ1) is 6.22. The number of hydrogen-bond donors (Lipinski definition) is 1. The Labute approximate surface area is 79.8 Å². The van der Waals surface area contributed by atoms with Crippen molar-refractivity contribution in [3.8, 4) is 0 Å². The number of ether oxygens (including phenoxy) is 1. The Morgan fingerprint density at radius 2 is 2.46 bits per heavy atom. The Kier molecular flexibility index (Phi) is 4.22. The lowest BCUT2D eigenvalue weighted by molar-refractivity contribution is 0.228. The maximum Gasteiger partial charge on any atom is 0.183 e. The highest BCUT2D eigenvalue weighted by atomic mass is 16.5. The minimum Gasteiger partial charge on any atom is -0.479 e. The lowest BCUT2D eigenvalue weighted by Gasteiger charge is -2.06. The van der Waals surface area contributed by atoms with E-state index < -0.39 is 0 Å². The van der Waals surface area contributed by atoms with Crippen LogP contribution < -0.4 is 0 Å². The van der Waals surface area contributed by atoms with Crippen molar-refractivity contribution in [3.05, 3.63) is 0 Å². The average molecular weight is 185 g/mol. The molecule has 0 fully saturated rings. The van der Waals surface area contributed by atoms with Gasteiger partial charge in [-0.3, -0.25) is 0 Å². The van der Waals surface area contributed by atoms with Gasteiger partial charge in [0.15, 0.2) is 5.90 Å². The van der Waals surface area contributed by atoms with Crippen molar-refractivity contribution in [2.45, 2.75) is 39.2 Å². The van der Waals surface area contributed by atoms with Crippen LogP contribution in [0, 0.1) is 5.92 Å². The van der Waals surface area contributed by atoms with E-state index in [-0.39, 0.29) is 6.61 Å². The Bertz CT molecular complexity index is 180. The smallest absolute Gasteiger partial charge is 0.183 e. The van der Waals surface area contributed by atoms with Gasteiger partial charge in [-0.1, -0.05) is 6.92 Å². The molecule has 0 amide bonds. The number of aliphatic hydroxyl groups excluding tert-OH is 1. The first-order valence-corrected chi connectivity index (χ1v) is 5.02. The molecule has 1 heterocycles. The molecule has 0 saturated carbocycles. The summed E-state index contributed by atoms with van der Waals surface area (Å²) in [7, 11) is 0. The standard InChI is InChI=1S/C10H19NO2/c1-8(6-12)4-3-5-10-11-9(2)7-13-10/h8-9,12H,3-7H2,1-2H3. The third-order valence-electron chi connectivity index (χ3n) is 2.25. The van der Waals surface area contributed by atoms with Gasteiger partial charge >= 0.3 is 0 Å². The van der Waals surface area contributed by atoms with E-state index in [1.165, 1.54) is 0 Å². The van der Waals surface area contributed by atoms with Crippen LogP contribution in [0.25, 0.3) is 0 Å². The van der Waals surface area contributed by atoms with Gasteiger partial charge in [0.2, 0.25) is 0 Å². The van der Waals surface area contributed by atoms with Crippen molar-refractivity contribution in [3.63, 3.8) is 0 Å². The third kappa shape index (κ3) is 3.77. The maximum atomic E-state index is 8.81. The van der Waals surface area contributed by atoms with E-state index in [0.29, 0.717) is 12.0 Å². The molecule has 1 aliphatic rings. The normalized spacial score (nSPS) is 23.9. The molecule has 76 valence electrons. The summed E-state index contributed by atoms with van der Waals surface area (Å²) >= 11 is 0. The zero-order valence-corrected chi connectivity index (χ0v) is 8.49. The van der Waals surface area contributed by atoms with Gasteiger partial charge in [0.05, 0.1) is 6.04 Å². The lowest BCUT2D eigenvalue weighted by Crippen LogP contribution is -2.03. The molecule has 13 heavy (non-hydrogen) atoms. The Hall–Kier alpha value is -0.570. The minimum atomic E-state index is 0.281. The zero-order valence-electron chi connectivity index (χ0n) is 8.49. The molecule has 3 heteroatoms. The predicted octanol–water partition coefficient (Wildman–Crippen LogP) is 1.60. The molecule has 2 unspecified atom stereocenters. The molecule has 0 saturated heterocycles. The monoisotopic (exact) mass is 185 g/mol. The highest BCUT2D eigenvalue weighted by Gasteiger charge is 2.13. The Morgan fingerprint density at radius 1 is 1.69 bits per heavy atom. The molecule has 1 rings (SSSR count). The van der Waals surface area contributed by atoms with Crippen LogP contribution in [0.2, 0.25) is 0 Å². The minimum absolute atomic E-state index is 0.281. The molecule has 1 N–H and O–H groups in total. The molecule has 2 atom stereocenters. The van der Waals surface area contributed by atoms with Crippen molar-refractivity contribution in [2.75, 3.05) is 13.2 Å². The van der Waals surface area contributed by atoms with Crippen LogP contribution in [0.15, 0.2) is 4.99 Å². The van der Waals surface area contributed by atoms with Crippen LogP contribution in [0.1, 0.15) is 33.1 Å². The second-order valence-corrected chi connectivity index (χ2v) is 3.86. The molecular weight excluding hydrogens is 166 g/mol. The molecule has 3 nitrogen and oxygen atoms in total. The van der Waals surface area contributed by atoms with Gasteiger partial charge in [-0.2, -0.15) is 0 Å². The van der Waals surface area contributed by atoms with Crippen LogP contribution in [0.4, 0.5) is 0 Å². The van der Waals surface area contributed by atoms with E-state index in [2.05, 4.69) is 18.8 Å². The first-order valence-electron chi connectivity index (χ1n) is 5.02. The maximum absolute atomic E-state index is 8.81.